The molecule has 6 heteroatoms. The van der Waals surface area contributed by atoms with Gasteiger partial charge in [0.25, 0.3) is 0 Å². The van der Waals surface area contributed by atoms with E-state index in [0.29, 0.717) is 30.5 Å². The molecular formula is C21H25NO5. The van der Waals surface area contributed by atoms with Gasteiger partial charge in [0.15, 0.2) is 11.5 Å². The molecule has 27 heavy (non-hydrogen) atoms. The molecule has 1 fully saturated rings. The first-order valence-electron chi connectivity index (χ1n) is 9.60. The molecule has 6 nitrogen and oxygen atoms in total. The summed E-state index contributed by atoms with van der Waals surface area (Å²) in [6.45, 7) is 3.79. The summed E-state index contributed by atoms with van der Waals surface area (Å²) in [6.07, 6.45) is 6.38. The van der Waals surface area contributed by atoms with Gasteiger partial charge in [-0.1, -0.05) is 18.9 Å². The maximum atomic E-state index is 12.2. The summed E-state index contributed by atoms with van der Waals surface area (Å²) in [5, 5.41) is 0. The summed E-state index contributed by atoms with van der Waals surface area (Å²) in [4.78, 5) is 14.6. The standard InChI is InChI=1S/C21H25NO5/c1-2-24-21(23)17-9-10-25-20(17)13-22(16-5-3-4-6-16)12-15-7-8-18-19(11-15)27-14-26-18/h7-11,16H,2-6,12-14H2,1H3. The van der Waals surface area contributed by atoms with E-state index < -0.39 is 0 Å². The maximum absolute atomic E-state index is 12.2. The fourth-order valence-corrected chi connectivity index (χ4v) is 3.90. The van der Waals surface area contributed by atoms with Crippen molar-refractivity contribution < 1.29 is 23.4 Å². The first-order chi connectivity index (χ1) is 13.2. The monoisotopic (exact) mass is 371 g/mol. The normalized spacial score (nSPS) is 16.2. The molecule has 1 saturated carbocycles. The van der Waals surface area contributed by atoms with E-state index in [9.17, 15) is 4.79 Å². The molecule has 0 amide bonds. The number of carbonyl (C=O) groups excluding carboxylic acids is 1. The Morgan fingerprint density at radius 1 is 1.15 bits per heavy atom. The molecule has 1 aromatic heterocycles. The Morgan fingerprint density at radius 3 is 2.78 bits per heavy atom. The van der Waals surface area contributed by atoms with Crippen LogP contribution >= 0.6 is 0 Å². The van der Waals surface area contributed by atoms with Gasteiger partial charge < -0.3 is 18.6 Å². The first kappa shape index (κ1) is 17.9. The Kier molecular flexibility index (Phi) is 5.34. The average Bonchev–Trinajstić information content (AvgIpc) is 3.42. The van der Waals surface area contributed by atoms with Crippen LogP contribution in [0, 0.1) is 0 Å². The quantitative estimate of drug-likeness (QED) is 0.682. The molecule has 2 heterocycles. The molecule has 2 aromatic rings. The smallest absolute Gasteiger partial charge is 0.341 e. The molecule has 0 unspecified atom stereocenters. The van der Waals surface area contributed by atoms with E-state index in [2.05, 4.69) is 11.0 Å². The molecule has 1 aliphatic carbocycles. The Bertz CT molecular complexity index is 794. The van der Waals surface area contributed by atoms with Crippen molar-refractivity contribution in [2.45, 2.75) is 51.7 Å². The van der Waals surface area contributed by atoms with Crippen LogP contribution in [0.2, 0.25) is 0 Å². The van der Waals surface area contributed by atoms with Crippen molar-refractivity contribution >= 4 is 5.97 Å². The number of esters is 1. The van der Waals surface area contributed by atoms with Crippen molar-refractivity contribution in [3.63, 3.8) is 0 Å². The summed E-state index contributed by atoms with van der Waals surface area (Å²) in [7, 11) is 0. The second kappa shape index (κ2) is 8.05. The molecule has 1 aromatic carbocycles. The maximum Gasteiger partial charge on any atom is 0.341 e. The van der Waals surface area contributed by atoms with E-state index in [-0.39, 0.29) is 12.8 Å². The van der Waals surface area contributed by atoms with Gasteiger partial charge in [-0.3, -0.25) is 4.90 Å². The zero-order valence-electron chi connectivity index (χ0n) is 15.6. The van der Waals surface area contributed by atoms with Crippen LogP contribution in [0.5, 0.6) is 11.5 Å². The van der Waals surface area contributed by atoms with Crippen LogP contribution in [0.3, 0.4) is 0 Å². The predicted octanol–water partition coefficient (Wildman–Crippen LogP) is 4.13. The SMILES string of the molecule is CCOC(=O)c1ccoc1CN(Cc1ccc2c(c1)OCO2)C1CCCC1. The van der Waals surface area contributed by atoms with Crippen molar-refractivity contribution in [2.24, 2.45) is 0 Å². The Hall–Kier alpha value is -2.47. The van der Waals surface area contributed by atoms with E-state index in [1.165, 1.54) is 25.7 Å². The summed E-state index contributed by atoms with van der Waals surface area (Å²) in [6, 6.07) is 8.25. The van der Waals surface area contributed by atoms with Crippen LogP contribution in [0.1, 0.15) is 54.3 Å². The number of furan rings is 1. The summed E-state index contributed by atoms with van der Waals surface area (Å²) >= 11 is 0. The summed E-state index contributed by atoms with van der Waals surface area (Å²) in [5.41, 5.74) is 1.68. The zero-order chi connectivity index (χ0) is 18.6. The highest BCUT2D eigenvalue weighted by Gasteiger charge is 2.26. The highest BCUT2D eigenvalue weighted by atomic mass is 16.7. The Morgan fingerprint density at radius 2 is 1.96 bits per heavy atom. The average molecular weight is 371 g/mol. The molecule has 4 rings (SSSR count). The molecule has 0 saturated heterocycles. The number of rotatable bonds is 7. The molecular weight excluding hydrogens is 346 g/mol. The highest BCUT2D eigenvalue weighted by Crippen LogP contribution is 2.34. The largest absolute Gasteiger partial charge is 0.467 e. The number of ether oxygens (including phenoxy) is 3. The van der Waals surface area contributed by atoms with Gasteiger partial charge in [-0.05, 0) is 43.5 Å². The lowest BCUT2D eigenvalue weighted by atomic mass is 10.1. The third-order valence-electron chi connectivity index (χ3n) is 5.25. The van der Waals surface area contributed by atoms with Gasteiger partial charge in [0.1, 0.15) is 11.3 Å². The minimum absolute atomic E-state index is 0.278. The van der Waals surface area contributed by atoms with Crippen LogP contribution in [0.15, 0.2) is 34.9 Å². The number of benzene rings is 1. The molecule has 1 aliphatic heterocycles. The van der Waals surface area contributed by atoms with Gasteiger partial charge in [0, 0.05) is 12.6 Å². The summed E-state index contributed by atoms with van der Waals surface area (Å²) in [5.74, 6) is 1.93. The molecule has 0 radical (unpaired) electrons. The van der Waals surface area contributed by atoms with Crippen LogP contribution in [-0.2, 0) is 17.8 Å². The van der Waals surface area contributed by atoms with Crippen LogP contribution < -0.4 is 9.47 Å². The fraction of sp³-hybridized carbons (Fsp3) is 0.476. The van der Waals surface area contributed by atoms with E-state index in [0.717, 1.165) is 23.6 Å². The topological polar surface area (TPSA) is 61.1 Å². The molecule has 2 aliphatic rings. The molecule has 0 N–H and O–H groups in total. The summed E-state index contributed by atoms with van der Waals surface area (Å²) < 4.78 is 21.7. The number of hydrogen-bond donors (Lipinski definition) is 0. The van der Waals surface area contributed by atoms with E-state index >= 15 is 0 Å². The van der Waals surface area contributed by atoms with Crippen molar-refractivity contribution in [3.8, 4) is 11.5 Å². The van der Waals surface area contributed by atoms with E-state index in [1.54, 1.807) is 12.3 Å². The van der Waals surface area contributed by atoms with Crippen molar-refractivity contribution in [1.29, 1.82) is 0 Å². The van der Waals surface area contributed by atoms with Gasteiger partial charge in [-0.25, -0.2) is 4.79 Å². The first-order valence-corrected chi connectivity index (χ1v) is 9.60. The zero-order valence-corrected chi connectivity index (χ0v) is 15.6. The molecule has 0 spiro atoms. The van der Waals surface area contributed by atoms with Crippen LogP contribution in [0.25, 0.3) is 0 Å². The Balaban J connectivity index is 1.53. The van der Waals surface area contributed by atoms with Crippen LogP contribution in [0.4, 0.5) is 0 Å². The second-order valence-electron chi connectivity index (χ2n) is 7.01. The third-order valence-corrected chi connectivity index (χ3v) is 5.25. The van der Waals surface area contributed by atoms with E-state index in [4.69, 9.17) is 18.6 Å². The number of carbonyl (C=O) groups is 1. The highest BCUT2D eigenvalue weighted by molar-refractivity contribution is 5.90. The van der Waals surface area contributed by atoms with Gasteiger partial charge in [0.2, 0.25) is 6.79 Å². The number of fused-ring (bicyclic) bond motifs is 1. The Labute approximate surface area is 159 Å². The van der Waals surface area contributed by atoms with Gasteiger partial charge in [-0.2, -0.15) is 0 Å². The van der Waals surface area contributed by atoms with Gasteiger partial charge in [0.05, 0.1) is 19.4 Å². The van der Waals surface area contributed by atoms with Crippen molar-refractivity contribution in [3.05, 3.63) is 47.4 Å². The molecule has 0 atom stereocenters. The molecule has 0 bridgehead atoms. The lowest BCUT2D eigenvalue weighted by Gasteiger charge is -2.28. The molecule has 144 valence electrons. The number of hydrogen-bond acceptors (Lipinski definition) is 6. The minimum atomic E-state index is -0.323. The van der Waals surface area contributed by atoms with Crippen molar-refractivity contribution in [1.82, 2.24) is 4.90 Å². The fourth-order valence-electron chi connectivity index (χ4n) is 3.90. The second-order valence-corrected chi connectivity index (χ2v) is 7.01. The third kappa shape index (κ3) is 3.95. The van der Waals surface area contributed by atoms with E-state index in [1.807, 2.05) is 19.1 Å². The minimum Gasteiger partial charge on any atom is -0.467 e. The van der Waals surface area contributed by atoms with Gasteiger partial charge >= 0.3 is 5.97 Å². The number of nitrogens with zero attached hydrogens (tertiary/aromatic N) is 1. The lowest BCUT2D eigenvalue weighted by molar-refractivity contribution is 0.0520. The van der Waals surface area contributed by atoms with Gasteiger partial charge in [-0.15, -0.1) is 0 Å². The lowest BCUT2D eigenvalue weighted by Crippen LogP contribution is -2.32. The van der Waals surface area contributed by atoms with Crippen molar-refractivity contribution in [2.75, 3.05) is 13.4 Å². The van der Waals surface area contributed by atoms with Crippen LogP contribution in [-0.4, -0.2) is 30.3 Å². The predicted molar refractivity (Wildman–Crippen MR) is 98.7 cm³/mol.